The van der Waals surface area contributed by atoms with E-state index in [9.17, 15) is 5.11 Å². The van der Waals surface area contributed by atoms with E-state index < -0.39 is 0 Å². The zero-order valence-electron chi connectivity index (χ0n) is 22.4. The molecule has 0 radical (unpaired) electrons. The molecule has 1 nitrogen and oxygen atoms in total. The molecule has 1 N–H and O–H groups in total. The van der Waals surface area contributed by atoms with Crippen LogP contribution < -0.4 is 0 Å². The van der Waals surface area contributed by atoms with Crippen molar-refractivity contribution in [3.05, 3.63) is 11.1 Å². The second-order valence-corrected chi connectivity index (χ2v) is 17.2. The van der Waals surface area contributed by atoms with Gasteiger partial charge in [0, 0.05) is 3.42 Å². The second kappa shape index (κ2) is 8.24. The second-order valence-electron chi connectivity index (χ2n) is 14.3. The van der Waals surface area contributed by atoms with Gasteiger partial charge in [0.15, 0.2) is 0 Å². The molecule has 0 aromatic rings. The van der Waals surface area contributed by atoms with Crippen LogP contribution in [0.25, 0.3) is 0 Å². The van der Waals surface area contributed by atoms with Crippen molar-refractivity contribution in [2.75, 3.05) is 0 Å². The predicted molar refractivity (Wildman–Crippen MR) is 146 cm³/mol. The van der Waals surface area contributed by atoms with Crippen LogP contribution in [-0.2, 0) is 0 Å². The molecule has 7 atom stereocenters. The van der Waals surface area contributed by atoms with Crippen molar-refractivity contribution in [2.45, 2.75) is 136 Å². The molecule has 0 bridgehead atoms. The Morgan fingerprint density at radius 1 is 0.969 bits per heavy atom. The fourth-order valence-corrected chi connectivity index (χ4v) is 10.1. The van der Waals surface area contributed by atoms with Crippen molar-refractivity contribution < 1.29 is 5.11 Å². The quantitative estimate of drug-likeness (QED) is 0.204. The number of aliphatic hydroxyl groups is 1. The van der Waals surface area contributed by atoms with Gasteiger partial charge < -0.3 is 5.11 Å². The molecular weight excluding hydrogens is 503 g/mol. The maximum Gasteiger partial charge on any atom is 0.0594 e. The van der Waals surface area contributed by atoms with Crippen molar-refractivity contribution >= 4 is 22.6 Å². The molecule has 0 aliphatic heterocycles. The van der Waals surface area contributed by atoms with E-state index in [0.29, 0.717) is 25.6 Å². The van der Waals surface area contributed by atoms with E-state index in [2.05, 4.69) is 78.0 Å². The number of rotatable bonds is 5. The molecule has 4 aliphatic rings. The highest BCUT2D eigenvalue weighted by Gasteiger charge is 2.63. The predicted octanol–water partition coefficient (Wildman–Crippen LogP) is 9.12. The van der Waals surface area contributed by atoms with Gasteiger partial charge in [-0.05, 0) is 97.2 Å². The van der Waals surface area contributed by atoms with E-state index in [4.69, 9.17) is 0 Å². The zero-order chi connectivity index (χ0) is 23.7. The number of fused-ring (bicyclic) bond motifs is 4. The average molecular weight is 555 g/mol. The molecule has 0 aromatic heterocycles. The SMILES string of the molecule is C[C@H](CCCC(C)(C)I)[C@H]1CC[C@@]2(C)C3=C(CC[C@]12C)[C@@]1(C)CC[C@H](O)C(C)(C)[C@@H]1CC3. The maximum absolute atomic E-state index is 10.8. The number of aliphatic hydroxyl groups excluding tert-OH is 1. The molecule has 0 spiro atoms. The van der Waals surface area contributed by atoms with Crippen LogP contribution in [0.2, 0.25) is 0 Å². The summed E-state index contributed by atoms with van der Waals surface area (Å²) in [4.78, 5) is 0. The van der Waals surface area contributed by atoms with Gasteiger partial charge in [0.2, 0.25) is 0 Å². The lowest BCUT2D eigenvalue weighted by Gasteiger charge is -2.62. The van der Waals surface area contributed by atoms with Crippen LogP contribution in [0.3, 0.4) is 0 Å². The maximum atomic E-state index is 10.8. The summed E-state index contributed by atoms with van der Waals surface area (Å²) >= 11 is 2.62. The van der Waals surface area contributed by atoms with Gasteiger partial charge in [0.1, 0.15) is 0 Å². The summed E-state index contributed by atoms with van der Waals surface area (Å²) in [7, 11) is 0. The normalized spacial score (nSPS) is 44.6. The minimum Gasteiger partial charge on any atom is -0.393 e. The standard InChI is InChI=1S/C30H51IO/c1-20(10-9-16-26(2,3)31)21-13-18-30(8)23-11-12-24-27(4,5)25(32)15-17-28(24,6)22(23)14-19-29(21,30)7/h20-21,24-25,32H,9-19H2,1-8H3/t20-,21-,24+,25+,28-,29-,30+/m1/s1. The lowest BCUT2D eigenvalue weighted by atomic mass is 9.43. The largest absolute Gasteiger partial charge is 0.393 e. The van der Waals surface area contributed by atoms with E-state index >= 15 is 0 Å². The zero-order valence-corrected chi connectivity index (χ0v) is 24.6. The average Bonchev–Trinajstić information content (AvgIpc) is 2.96. The summed E-state index contributed by atoms with van der Waals surface area (Å²) in [6.07, 6.45) is 14.3. The van der Waals surface area contributed by atoms with E-state index in [-0.39, 0.29) is 11.5 Å². The lowest BCUT2D eigenvalue weighted by molar-refractivity contribution is -0.0962. The summed E-state index contributed by atoms with van der Waals surface area (Å²) in [5, 5.41) is 10.8. The minimum atomic E-state index is -0.128. The van der Waals surface area contributed by atoms with Gasteiger partial charge in [-0.1, -0.05) is 102 Å². The third kappa shape index (κ3) is 3.79. The van der Waals surface area contributed by atoms with E-state index in [1.54, 1.807) is 0 Å². The smallest absolute Gasteiger partial charge is 0.0594 e. The molecule has 2 saturated carbocycles. The van der Waals surface area contributed by atoms with E-state index in [1.807, 2.05) is 11.1 Å². The van der Waals surface area contributed by atoms with Crippen LogP contribution in [0.4, 0.5) is 0 Å². The third-order valence-electron chi connectivity index (χ3n) is 11.9. The Balaban J connectivity index is 1.60. The lowest BCUT2D eigenvalue weighted by Crippen LogP contribution is -2.55. The van der Waals surface area contributed by atoms with Crippen molar-refractivity contribution in [1.29, 1.82) is 0 Å². The Kier molecular flexibility index (Phi) is 6.57. The summed E-state index contributed by atoms with van der Waals surface area (Å²) in [6.45, 7) is 20.0. The van der Waals surface area contributed by atoms with E-state index in [1.165, 1.54) is 64.2 Å². The monoisotopic (exact) mass is 554 g/mol. The van der Waals surface area contributed by atoms with Crippen LogP contribution in [0.15, 0.2) is 11.1 Å². The van der Waals surface area contributed by atoms with Gasteiger partial charge in [-0.2, -0.15) is 0 Å². The van der Waals surface area contributed by atoms with Crippen LogP contribution in [-0.4, -0.2) is 14.6 Å². The molecule has 2 heteroatoms. The van der Waals surface area contributed by atoms with Gasteiger partial charge in [0.25, 0.3) is 0 Å². The number of allylic oxidation sites excluding steroid dienone is 2. The highest BCUT2D eigenvalue weighted by Crippen LogP contribution is 2.72. The van der Waals surface area contributed by atoms with Gasteiger partial charge in [-0.25, -0.2) is 0 Å². The molecule has 32 heavy (non-hydrogen) atoms. The summed E-state index contributed by atoms with van der Waals surface area (Å²) in [6, 6.07) is 0. The molecule has 0 unspecified atom stereocenters. The molecule has 4 rings (SSSR count). The van der Waals surface area contributed by atoms with Crippen molar-refractivity contribution in [1.82, 2.24) is 0 Å². The fraction of sp³-hybridized carbons (Fsp3) is 0.933. The van der Waals surface area contributed by atoms with Crippen LogP contribution >= 0.6 is 22.6 Å². The summed E-state index contributed by atoms with van der Waals surface area (Å²) < 4.78 is 0.436. The molecule has 4 aliphatic carbocycles. The first kappa shape index (κ1) is 25.5. The van der Waals surface area contributed by atoms with Crippen molar-refractivity contribution in [3.8, 4) is 0 Å². The van der Waals surface area contributed by atoms with Crippen molar-refractivity contribution in [3.63, 3.8) is 0 Å². The third-order valence-corrected chi connectivity index (χ3v) is 12.5. The summed E-state index contributed by atoms with van der Waals surface area (Å²) in [5.41, 5.74) is 4.98. The Morgan fingerprint density at radius 3 is 2.31 bits per heavy atom. The Labute approximate surface area is 213 Å². The number of alkyl halides is 1. The molecule has 0 saturated heterocycles. The Hall–Kier alpha value is 0.430. The molecule has 0 heterocycles. The summed E-state index contributed by atoms with van der Waals surface area (Å²) in [5.74, 6) is 2.37. The molecule has 184 valence electrons. The number of halogens is 1. The minimum absolute atomic E-state index is 0.0480. The number of hydrogen-bond donors (Lipinski definition) is 1. The first-order valence-electron chi connectivity index (χ1n) is 13.8. The Morgan fingerprint density at radius 2 is 1.66 bits per heavy atom. The Bertz CT molecular complexity index is 759. The van der Waals surface area contributed by atoms with Gasteiger partial charge in [0.05, 0.1) is 6.10 Å². The van der Waals surface area contributed by atoms with Gasteiger partial charge in [-0.3, -0.25) is 0 Å². The molecule has 0 aromatic carbocycles. The highest BCUT2D eigenvalue weighted by molar-refractivity contribution is 14.1. The highest BCUT2D eigenvalue weighted by atomic mass is 127. The molecule has 2 fully saturated rings. The van der Waals surface area contributed by atoms with Crippen LogP contribution in [0.1, 0.15) is 126 Å². The number of hydrogen-bond acceptors (Lipinski definition) is 1. The van der Waals surface area contributed by atoms with Crippen LogP contribution in [0.5, 0.6) is 0 Å². The van der Waals surface area contributed by atoms with Crippen molar-refractivity contribution in [2.24, 2.45) is 39.4 Å². The fourth-order valence-electron chi connectivity index (χ4n) is 9.67. The topological polar surface area (TPSA) is 20.2 Å². The van der Waals surface area contributed by atoms with Gasteiger partial charge >= 0.3 is 0 Å². The van der Waals surface area contributed by atoms with Gasteiger partial charge in [-0.15, -0.1) is 0 Å². The first-order chi connectivity index (χ1) is 14.7. The van der Waals surface area contributed by atoms with E-state index in [0.717, 1.165) is 18.3 Å². The van der Waals surface area contributed by atoms with Crippen LogP contribution in [0, 0.1) is 39.4 Å². The molecule has 0 amide bonds. The first-order valence-corrected chi connectivity index (χ1v) is 14.8. The molecular formula is C30H51IO.